The number of rotatable bonds is 1. The summed E-state index contributed by atoms with van der Waals surface area (Å²) in [6.07, 6.45) is 3.26. The fourth-order valence-corrected chi connectivity index (χ4v) is 4.17. The molecule has 1 amide bonds. The Bertz CT molecular complexity index is 818. The fraction of sp³-hybridized carbons (Fsp3) is 0.214. The molecule has 1 fully saturated rings. The van der Waals surface area contributed by atoms with E-state index in [0.29, 0.717) is 5.69 Å². The van der Waals surface area contributed by atoms with Crippen LogP contribution in [-0.4, -0.2) is 24.3 Å². The van der Waals surface area contributed by atoms with E-state index < -0.39 is 10.0 Å². The van der Waals surface area contributed by atoms with Crippen LogP contribution in [0.15, 0.2) is 47.5 Å². The van der Waals surface area contributed by atoms with E-state index in [4.69, 9.17) is 0 Å². The fourth-order valence-electron chi connectivity index (χ4n) is 2.65. The first kappa shape index (κ1) is 11.7. The summed E-state index contributed by atoms with van der Waals surface area (Å²) >= 11 is 0. The first-order valence-corrected chi connectivity index (χ1v) is 7.90. The molecule has 0 saturated heterocycles. The lowest BCUT2D eigenvalue weighted by Gasteiger charge is -2.21. The van der Waals surface area contributed by atoms with Crippen LogP contribution in [0.5, 0.6) is 0 Å². The minimum absolute atomic E-state index is 0.111. The van der Waals surface area contributed by atoms with E-state index in [1.54, 1.807) is 41.3 Å². The molecule has 0 bridgehead atoms. The Morgan fingerprint density at radius 1 is 1.05 bits per heavy atom. The highest BCUT2D eigenvalue weighted by atomic mass is 32.2. The van der Waals surface area contributed by atoms with E-state index in [0.717, 1.165) is 16.8 Å². The highest BCUT2D eigenvalue weighted by molar-refractivity contribution is 7.90. The van der Waals surface area contributed by atoms with E-state index in [1.165, 1.54) is 6.20 Å². The number of amides is 1. The van der Waals surface area contributed by atoms with E-state index >= 15 is 0 Å². The van der Waals surface area contributed by atoms with Gasteiger partial charge in [-0.25, -0.2) is 12.4 Å². The van der Waals surface area contributed by atoms with Crippen molar-refractivity contribution in [3.63, 3.8) is 0 Å². The Balaban J connectivity index is 2.10. The topological polar surface area (TPSA) is 59.4 Å². The molecule has 0 radical (unpaired) electrons. The van der Waals surface area contributed by atoms with Crippen LogP contribution >= 0.6 is 0 Å². The maximum absolute atomic E-state index is 12.7. The predicted octanol–water partition coefficient (Wildman–Crippen LogP) is 1.85. The quantitative estimate of drug-likeness (QED) is 0.804. The number of para-hydroxylation sites is 1. The standard InChI is InChI=1S/C14H12N2O3S/c17-14-12-5-3-9-15(12)20(18,19)13-6-2-1-4-11(13)16(14)10-7-8-10/h1-6,9-10H,7-8H2. The van der Waals surface area contributed by atoms with E-state index in [1.807, 2.05) is 0 Å². The molecule has 1 aromatic carbocycles. The lowest BCUT2D eigenvalue weighted by atomic mass is 10.2. The van der Waals surface area contributed by atoms with Crippen LogP contribution in [0.3, 0.4) is 0 Å². The molecule has 4 rings (SSSR count). The molecule has 2 aliphatic rings. The number of anilines is 1. The molecule has 0 unspecified atom stereocenters. The van der Waals surface area contributed by atoms with Gasteiger partial charge in [-0.05, 0) is 37.1 Å². The summed E-state index contributed by atoms with van der Waals surface area (Å²) in [7, 11) is -3.71. The minimum Gasteiger partial charge on any atom is -0.303 e. The van der Waals surface area contributed by atoms with Gasteiger partial charge in [0.1, 0.15) is 10.6 Å². The van der Waals surface area contributed by atoms with Crippen molar-refractivity contribution >= 4 is 21.6 Å². The van der Waals surface area contributed by atoms with Crippen LogP contribution in [0.4, 0.5) is 5.69 Å². The summed E-state index contributed by atoms with van der Waals surface area (Å²) in [5, 5.41) is 0. The zero-order chi connectivity index (χ0) is 13.9. The van der Waals surface area contributed by atoms with Gasteiger partial charge in [-0.1, -0.05) is 12.1 Å². The Kier molecular flexibility index (Phi) is 2.18. The number of hydrogen-bond acceptors (Lipinski definition) is 3. The van der Waals surface area contributed by atoms with Gasteiger partial charge in [-0.3, -0.25) is 4.79 Å². The summed E-state index contributed by atoms with van der Waals surface area (Å²) in [5.41, 5.74) is 0.691. The van der Waals surface area contributed by atoms with Crippen molar-refractivity contribution in [1.29, 1.82) is 0 Å². The van der Waals surface area contributed by atoms with Gasteiger partial charge in [-0.15, -0.1) is 0 Å². The predicted molar refractivity (Wildman–Crippen MR) is 73.3 cm³/mol. The second kappa shape index (κ2) is 3.73. The molecule has 1 aliphatic heterocycles. The zero-order valence-corrected chi connectivity index (χ0v) is 11.4. The molecular weight excluding hydrogens is 276 g/mol. The maximum atomic E-state index is 12.7. The molecule has 0 N–H and O–H groups in total. The number of nitrogens with zero attached hydrogens (tertiary/aromatic N) is 2. The summed E-state index contributed by atoms with van der Waals surface area (Å²) < 4.78 is 26.5. The van der Waals surface area contributed by atoms with Crippen LogP contribution in [0.1, 0.15) is 23.3 Å². The molecular formula is C14H12N2O3S. The summed E-state index contributed by atoms with van der Waals surface area (Å²) in [5.74, 6) is -0.244. The van der Waals surface area contributed by atoms with Gasteiger partial charge in [0.05, 0.1) is 5.69 Å². The van der Waals surface area contributed by atoms with Gasteiger partial charge >= 0.3 is 0 Å². The third-order valence-electron chi connectivity index (χ3n) is 3.72. The average Bonchev–Trinajstić information content (AvgIpc) is 3.14. The lowest BCUT2D eigenvalue weighted by molar-refractivity contribution is 0.0980. The van der Waals surface area contributed by atoms with Crippen LogP contribution in [0, 0.1) is 0 Å². The molecule has 2 aromatic rings. The van der Waals surface area contributed by atoms with E-state index in [9.17, 15) is 13.2 Å². The van der Waals surface area contributed by atoms with Crippen LogP contribution in [0.2, 0.25) is 0 Å². The van der Waals surface area contributed by atoms with Crippen LogP contribution in [0.25, 0.3) is 0 Å². The first-order chi connectivity index (χ1) is 9.60. The number of aromatic nitrogens is 1. The molecule has 1 saturated carbocycles. The number of hydrogen-bond donors (Lipinski definition) is 0. The number of carbonyl (C=O) groups is 1. The molecule has 0 atom stereocenters. The number of fused-ring (bicyclic) bond motifs is 2. The molecule has 102 valence electrons. The van der Waals surface area contributed by atoms with Gasteiger partial charge in [-0.2, -0.15) is 0 Å². The SMILES string of the molecule is O=C1c2cccn2S(=O)(=O)c2ccccc2N1C1CC1. The Labute approximate surface area is 116 Å². The van der Waals surface area contributed by atoms with Gasteiger partial charge in [0.2, 0.25) is 0 Å². The molecule has 1 aromatic heterocycles. The summed E-state index contributed by atoms with van der Waals surface area (Å²) in [6.45, 7) is 0. The minimum atomic E-state index is -3.71. The first-order valence-electron chi connectivity index (χ1n) is 6.46. The van der Waals surface area contributed by atoms with Gasteiger partial charge in [0.15, 0.2) is 0 Å². The van der Waals surface area contributed by atoms with Crippen LogP contribution < -0.4 is 4.90 Å². The van der Waals surface area contributed by atoms with Crippen LogP contribution in [-0.2, 0) is 10.0 Å². The molecule has 20 heavy (non-hydrogen) atoms. The Morgan fingerprint density at radius 2 is 1.80 bits per heavy atom. The molecule has 1 aliphatic carbocycles. The summed E-state index contributed by atoms with van der Waals surface area (Å²) in [4.78, 5) is 14.5. The van der Waals surface area contributed by atoms with Crippen molar-refractivity contribution in [2.45, 2.75) is 23.8 Å². The molecule has 6 heteroatoms. The molecule has 0 spiro atoms. The van der Waals surface area contributed by atoms with Crippen molar-refractivity contribution < 1.29 is 13.2 Å². The average molecular weight is 288 g/mol. The van der Waals surface area contributed by atoms with Crippen molar-refractivity contribution in [2.75, 3.05) is 4.90 Å². The zero-order valence-electron chi connectivity index (χ0n) is 10.6. The van der Waals surface area contributed by atoms with Gasteiger partial charge < -0.3 is 4.90 Å². The van der Waals surface area contributed by atoms with E-state index in [-0.39, 0.29) is 22.5 Å². The van der Waals surface area contributed by atoms with Crippen molar-refractivity contribution in [3.05, 3.63) is 48.3 Å². The normalized spacial score (nSPS) is 20.2. The highest BCUT2D eigenvalue weighted by Gasteiger charge is 2.41. The van der Waals surface area contributed by atoms with Crippen molar-refractivity contribution in [2.24, 2.45) is 0 Å². The maximum Gasteiger partial charge on any atom is 0.276 e. The third-order valence-corrected chi connectivity index (χ3v) is 5.46. The number of carbonyl (C=O) groups excluding carboxylic acids is 1. The summed E-state index contributed by atoms with van der Waals surface area (Å²) in [6, 6.07) is 9.96. The smallest absolute Gasteiger partial charge is 0.276 e. The molecule has 5 nitrogen and oxygen atoms in total. The largest absolute Gasteiger partial charge is 0.303 e. The number of benzene rings is 1. The van der Waals surface area contributed by atoms with Crippen molar-refractivity contribution in [3.8, 4) is 0 Å². The van der Waals surface area contributed by atoms with E-state index in [2.05, 4.69) is 0 Å². The lowest BCUT2D eigenvalue weighted by Crippen LogP contribution is -2.33. The third kappa shape index (κ3) is 1.42. The monoisotopic (exact) mass is 288 g/mol. The van der Waals surface area contributed by atoms with Gasteiger partial charge in [0, 0.05) is 12.2 Å². The Hall–Kier alpha value is -2.08. The van der Waals surface area contributed by atoms with Gasteiger partial charge in [0.25, 0.3) is 15.9 Å². The molecule has 2 heterocycles. The Morgan fingerprint density at radius 3 is 2.55 bits per heavy atom. The van der Waals surface area contributed by atoms with Crippen molar-refractivity contribution in [1.82, 2.24) is 3.97 Å². The second-order valence-electron chi connectivity index (χ2n) is 5.07. The highest BCUT2D eigenvalue weighted by Crippen LogP contribution is 2.39. The second-order valence-corrected chi connectivity index (χ2v) is 6.85.